The van der Waals surface area contributed by atoms with E-state index >= 15 is 0 Å². The summed E-state index contributed by atoms with van der Waals surface area (Å²) in [6, 6.07) is 18.8. The molecule has 2 aliphatic rings. The number of piperazine rings is 1. The molecule has 2 aliphatic heterocycles. The van der Waals surface area contributed by atoms with Gasteiger partial charge in [-0.1, -0.05) is 45.0 Å². The third-order valence-corrected chi connectivity index (χ3v) is 8.61. The molecular formula is C34H36N8O. The first kappa shape index (κ1) is 27.1. The third-order valence-electron chi connectivity index (χ3n) is 8.61. The van der Waals surface area contributed by atoms with E-state index in [0.717, 1.165) is 65.0 Å². The van der Waals surface area contributed by atoms with Gasteiger partial charge in [-0.25, -0.2) is 9.97 Å². The summed E-state index contributed by atoms with van der Waals surface area (Å²) in [5, 5.41) is 10.2. The molecule has 2 bridgehead atoms. The second-order valence-electron chi connectivity index (χ2n) is 12.6. The van der Waals surface area contributed by atoms with Crippen molar-refractivity contribution in [2.24, 2.45) is 0 Å². The van der Waals surface area contributed by atoms with Crippen LogP contribution in [0.3, 0.4) is 0 Å². The molecule has 9 nitrogen and oxygen atoms in total. The lowest BCUT2D eigenvalue weighted by Crippen LogP contribution is -2.44. The number of rotatable bonds is 6. The van der Waals surface area contributed by atoms with Crippen LogP contribution < -0.4 is 20.9 Å². The molecule has 2 atom stereocenters. The SMILES string of the molecule is Cc1c(NC(=O)c2ccc(C(C)(C)C)cc2)cccc1-c1cc(Nc2ccnc(N3CC4C[C@H]3CN4)n2)c2nccn2c1. The fourth-order valence-corrected chi connectivity index (χ4v) is 6.17. The second kappa shape index (κ2) is 10.5. The number of carbonyl (C=O) groups is 1. The monoisotopic (exact) mass is 572 g/mol. The second-order valence-corrected chi connectivity index (χ2v) is 12.6. The largest absolute Gasteiger partial charge is 0.337 e. The van der Waals surface area contributed by atoms with E-state index in [1.54, 1.807) is 6.20 Å². The Bertz CT molecular complexity index is 1820. The molecule has 218 valence electrons. The maximum absolute atomic E-state index is 13.2. The normalized spacial score (nSPS) is 17.9. The van der Waals surface area contributed by atoms with E-state index in [1.165, 1.54) is 5.56 Å². The number of carbonyl (C=O) groups excluding carboxylic acids is 1. The number of nitrogens with one attached hydrogen (secondary N) is 3. The lowest BCUT2D eigenvalue weighted by atomic mass is 9.86. The molecule has 2 saturated heterocycles. The van der Waals surface area contributed by atoms with Crippen molar-refractivity contribution in [1.29, 1.82) is 0 Å². The van der Waals surface area contributed by atoms with E-state index in [9.17, 15) is 4.79 Å². The van der Waals surface area contributed by atoms with Crippen LogP contribution in [0, 0.1) is 6.92 Å². The Morgan fingerprint density at radius 2 is 1.86 bits per heavy atom. The van der Waals surface area contributed by atoms with E-state index in [1.807, 2.05) is 66.2 Å². The number of aromatic nitrogens is 4. The maximum atomic E-state index is 13.2. The van der Waals surface area contributed by atoms with Gasteiger partial charge in [-0.05, 0) is 65.8 Å². The third kappa shape index (κ3) is 5.21. The number of benzene rings is 2. The van der Waals surface area contributed by atoms with Crippen molar-refractivity contribution in [2.75, 3.05) is 28.6 Å². The summed E-state index contributed by atoms with van der Waals surface area (Å²) < 4.78 is 2.01. The highest BCUT2D eigenvalue weighted by Gasteiger charge is 2.38. The van der Waals surface area contributed by atoms with E-state index in [0.29, 0.717) is 17.6 Å². The fourth-order valence-electron chi connectivity index (χ4n) is 6.17. The van der Waals surface area contributed by atoms with Gasteiger partial charge in [0.05, 0.1) is 5.69 Å². The Balaban J connectivity index is 1.16. The summed E-state index contributed by atoms with van der Waals surface area (Å²) in [4.78, 5) is 29.5. The van der Waals surface area contributed by atoms with Gasteiger partial charge in [-0.3, -0.25) is 4.79 Å². The molecule has 5 aromatic rings. The molecule has 0 aliphatic carbocycles. The van der Waals surface area contributed by atoms with Crippen molar-refractivity contribution in [3.05, 3.63) is 96.1 Å². The molecule has 0 spiro atoms. The number of anilines is 4. The van der Waals surface area contributed by atoms with E-state index < -0.39 is 0 Å². The van der Waals surface area contributed by atoms with Gasteiger partial charge in [0, 0.05) is 66.8 Å². The Labute approximate surface area is 251 Å². The molecule has 3 aromatic heterocycles. The minimum atomic E-state index is -0.130. The minimum absolute atomic E-state index is 0.0327. The molecule has 3 N–H and O–H groups in total. The Morgan fingerprint density at radius 3 is 2.60 bits per heavy atom. The van der Waals surface area contributed by atoms with Gasteiger partial charge in [0.15, 0.2) is 5.65 Å². The molecule has 7 rings (SSSR count). The summed E-state index contributed by atoms with van der Waals surface area (Å²) in [6.45, 7) is 10.4. The van der Waals surface area contributed by atoms with Crippen molar-refractivity contribution in [2.45, 2.75) is 51.6 Å². The van der Waals surface area contributed by atoms with Gasteiger partial charge in [0.25, 0.3) is 5.91 Å². The quantitative estimate of drug-likeness (QED) is 0.231. The van der Waals surface area contributed by atoms with Gasteiger partial charge in [0.1, 0.15) is 5.82 Å². The zero-order valence-electron chi connectivity index (χ0n) is 24.9. The minimum Gasteiger partial charge on any atom is -0.337 e. The van der Waals surface area contributed by atoms with Crippen LogP contribution in [0.4, 0.5) is 23.1 Å². The van der Waals surface area contributed by atoms with Gasteiger partial charge in [0.2, 0.25) is 5.95 Å². The lowest BCUT2D eigenvalue weighted by Gasteiger charge is -2.27. The number of hydrogen-bond acceptors (Lipinski definition) is 7. The average molecular weight is 573 g/mol. The average Bonchev–Trinajstić information content (AvgIpc) is 3.76. The number of nitrogens with zero attached hydrogens (tertiary/aromatic N) is 5. The number of fused-ring (bicyclic) bond motifs is 3. The summed E-state index contributed by atoms with van der Waals surface area (Å²) in [5.41, 5.74) is 7.26. The molecule has 1 amide bonds. The highest BCUT2D eigenvalue weighted by Crippen LogP contribution is 2.33. The molecule has 9 heteroatoms. The predicted molar refractivity (Wildman–Crippen MR) is 171 cm³/mol. The Morgan fingerprint density at radius 1 is 1.02 bits per heavy atom. The predicted octanol–water partition coefficient (Wildman–Crippen LogP) is 5.94. The van der Waals surface area contributed by atoms with Gasteiger partial charge in [-0.15, -0.1) is 0 Å². The van der Waals surface area contributed by atoms with Crippen molar-refractivity contribution < 1.29 is 4.79 Å². The van der Waals surface area contributed by atoms with Crippen LogP contribution in [-0.2, 0) is 5.41 Å². The molecule has 1 unspecified atom stereocenters. The van der Waals surface area contributed by atoms with E-state index in [4.69, 9.17) is 4.98 Å². The van der Waals surface area contributed by atoms with Crippen molar-refractivity contribution in [3.8, 4) is 11.1 Å². The number of pyridine rings is 1. The molecule has 2 aromatic carbocycles. The first-order valence-electron chi connectivity index (χ1n) is 14.8. The number of imidazole rings is 1. The zero-order chi connectivity index (χ0) is 29.7. The molecule has 43 heavy (non-hydrogen) atoms. The van der Waals surface area contributed by atoms with E-state index in [2.05, 4.69) is 69.9 Å². The van der Waals surface area contributed by atoms with Gasteiger partial charge >= 0.3 is 0 Å². The molecule has 2 fully saturated rings. The number of amides is 1. The topological polar surface area (TPSA) is 99.5 Å². The summed E-state index contributed by atoms with van der Waals surface area (Å²) >= 11 is 0. The summed E-state index contributed by atoms with van der Waals surface area (Å²) in [5.74, 6) is 1.34. The van der Waals surface area contributed by atoms with Crippen LogP contribution in [0.5, 0.6) is 0 Å². The molecule has 0 saturated carbocycles. The standard InChI is InChI=1S/C34H36N8O/c1-21-27(6-5-7-28(21)39-32(43)22-8-10-24(11-9-22)34(2,3)4)23-16-29(31-35-14-15-41(31)19-23)38-30-12-13-36-33(40-30)42-20-25-17-26(42)18-37-25/h5-16,19,25-26,37H,17-18,20H2,1-4H3,(H,39,43)(H,36,38,40)/t25?,26-/m0/s1. The fraction of sp³-hybridized carbons (Fsp3) is 0.294. The maximum Gasteiger partial charge on any atom is 0.255 e. The lowest BCUT2D eigenvalue weighted by molar-refractivity contribution is 0.102. The molecule has 0 radical (unpaired) electrons. The van der Waals surface area contributed by atoms with Crippen LogP contribution in [-0.4, -0.2) is 50.4 Å². The highest BCUT2D eigenvalue weighted by atomic mass is 16.1. The summed E-state index contributed by atoms with van der Waals surface area (Å²) in [6.07, 6.45) is 8.74. The van der Waals surface area contributed by atoms with Crippen LogP contribution in [0.1, 0.15) is 48.7 Å². The van der Waals surface area contributed by atoms with Crippen molar-refractivity contribution in [3.63, 3.8) is 0 Å². The van der Waals surface area contributed by atoms with Crippen LogP contribution in [0.2, 0.25) is 0 Å². The zero-order valence-corrected chi connectivity index (χ0v) is 24.9. The smallest absolute Gasteiger partial charge is 0.255 e. The van der Waals surface area contributed by atoms with Crippen molar-refractivity contribution >= 4 is 34.7 Å². The van der Waals surface area contributed by atoms with E-state index in [-0.39, 0.29) is 11.3 Å². The highest BCUT2D eigenvalue weighted by molar-refractivity contribution is 6.05. The van der Waals surface area contributed by atoms with Crippen molar-refractivity contribution in [1.82, 2.24) is 24.7 Å². The Kier molecular flexibility index (Phi) is 6.62. The van der Waals surface area contributed by atoms with Gasteiger partial charge < -0.3 is 25.3 Å². The molecule has 5 heterocycles. The van der Waals surface area contributed by atoms with Gasteiger partial charge in [-0.2, -0.15) is 4.98 Å². The van der Waals surface area contributed by atoms with Crippen LogP contribution in [0.25, 0.3) is 16.8 Å². The number of hydrogen-bond donors (Lipinski definition) is 3. The van der Waals surface area contributed by atoms with Crippen LogP contribution in [0.15, 0.2) is 79.4 Å². The summed E-state index contributed by atoms with van der Waals surface area (Å²) in [7, 11) is 0. The first-order chi connectivity index (χ1) is 20.7. The Hall–Kier alpha value is -4.76. The molecular weight excluding hydrogens is 536 g/mol. The first-order valence-corrected chi connectivity index (χ1v) is 14.8. The van der Waals surface area contributed by atoms with Crippen LogP contribution >= 0.6 is 0 Å².